The maximum absolute atomic E-state index is 4.66. The molecular weight excluding hydrogens is 424 g/mol. The minimum Gasteiger partial charge on any atom is -0.354 e. The second kappa shape index (κ2) is 9.32. The predicted octanol–water partition coefficient (Wildman–Crippen LogP) is 7.11. The largest absolute Gasteiger partial charge is 0.354 e. The van der Waals surface area contributed by atoms with Crippen LogP contribution in [0.15, 0.2) is 85.4 Å². The molecule has 0 amide bonds. The van der Waals surface area contributed by atoms with E-state index in [1.165, 1.54) is 73.1 Å². The van der Waals surface area contributed by atoms with Crippen LogP contribution in [0.4, 0.5) is 0 Å². The number of benzene rings is 3. The van der Waals surface area contributed by atoms with Crippen molar-refractivity contribution in [1.29, 1.82) is 0 Å². The van der Waals surface area contributed by atoms with Crippen molar-refractivity contribution in [3.63, 3.8) is 0 Å². The van der Waals surface area contributed by atoms with Crippen LogP contribution in [0.2, 0.25) is 0 Å². The summed E-state index contributed by atoms with van der Waals surface area (Å²) in [5.74, 6) is 0.871. The molecule has 1 spiro atoms. The van der Waals surface area contributed by atoms with E-state index in [2.05, 4.69) is 102 Å². The van der Waals surface area contributed by atoms with E-state index in [-0.39, 0.29) is 11.6 Å². The Hall–Kier alpha value is -2.84. The molecule has 2 aliphatic heterocycles. The number of rotatable bonds is 7. The molecule has 2 unspecified atom stereocenters. The molecule has 3 aliphatic rings. The van der Waals surface area contributed by atoms with Gasteiger partial charge in [-0.2, -0.15) is 0 Å². The Labute approximate surface area is 211 Å². The van der Waals surface area contributed by atoms with Gasteiger partial charge in [0.15, 0.2) is 0 Å². The van der Waals surface area contributed by atoms with Gasteiger partial charge in [-0.3, -0.25) is 0 Å². The maximum Gasteiger partial charge on any atom is 0.0804 e. The minimum absolute atomic E-state index is 0.206. The third-order valence-corrected chi connectivity index (χ3v) is 8.61. The third-order valence-electron chi connectivity index (χ3n) is 8.61. The summed E-state index contributed by atoms with van der Waals surface area (Å²) in [5, 5.41) is 0. The van der Waals surface area contributed by atoms with Crippen LogP contribution in [-0.4, -0.2) is 35.0 Å². The number of nitrogens with zero attached hydrogens (tertiary/aromatic N) is 2. The van der Waals surface area contributed by atoms with Crippen LogP contribution in [0.1, 0.15) is 66.5 Å². The number of aryl methyl sites for hydroxylation is 1. The van der Waals surface area contributed by atoms with Crippen molar-refractivity contribution in [3.05, 3.63) is 113 Å². The Morgan fingerprint density at radius 1 is 0.943 bits per heavy atom. The van der Waals surface area contributed by atoms with Crippen molar-refractivity contribution in [2.75, 3.05) is 19.6 Å². The van der Waals surface area contributed by atoms with E-state index in [4.69, 9.17) is 0 Å². The van der Waals surface area contributed by atoms with Crippen molar-refractivity contribution in [1.82, 2.24) is 9.80 Å². The van der Waals surface area contributed by atoms with Gasteiger partial charge in [0.1, 0.15) is 0 Å². The predicted molar refractivity (Wildman–Crippen MR) is 146 cm³/mol. The van der Waals surface area contributed by atoms with Crippen LogP contribution in [0, 0.1) is 5.92 Å². The molecule has 1 saturated heterocycles. The zero-order valence-electron chi connectivity index (χ0n) is 21.1. The fraction of sp³-hybridized carbons (Fsp3) is 0.394. The molecule has 0 aromatic heterocycles. The number of likely N-dealkylation sites (tertiary alicyclic amines) is 1. The summed E-state index contributed by atoms with van der Waals surface area (Å²) in [7, 11) is 0. The Bertz CT molecular complexity index is 1180. The van der Waals surface area contributed by atoms with Gasteiger partial charge in [-0.05, 0) is 85.3 Å². The molecule has 180 valence electrons. The average Bonchev–Trinajstić information content (AvgIpc) is 3.53. The van der Waals surface area contributed by atoms with Gasteiger partial charge >= 0.3 is 0 Å². The topological polar surface area (TPSA) is 6.48 Å². The molecule has 6 rings (SSSR count). The highest BCUT2D eigenvalue weighted by atomic mass is 15.3. The molecule has 2 heterocycles. The number of fused-ring (bicyclic) bond motifs is 1. The summed E-state index contributed by atoms with van der Waals surface area (Å²) in [5.41, 5.74) is 8.39. The number of hydrogen-bond donors (Lipinski definition) is 0. The first-order valence-corrected chi connectivity index (χ1v) is 13.6. The molecule has 35 heavy (non-hydrogen) atoms. The van der Waals surface area contributed by atoms with Crippen LogP contribution < -0.4 is 0 Å². The lowest BCUT2D eigenvalue weighted by molar-refractivity contribution is 0.207. The average molecular weight is 463 g/mol. The highest BCUT2D eigenvalue weighted by molar-refractivity contribution is 5.66. The Balaban J connectivity index is 1.27. The lowest BCUT2D eigenvalue weighted by atomic mass is 9.82. The zero-order valence-corrected chi connectivity index (χ0v) is 21.1. The molecule has 2 atom stereocenters. The van der Waals surface area contributed by atoms with E-state index in [1.54, 1.807) is 0 Å². The standard InChI is InChI=1S/C33H38N2/c1-25-18-22-34(24-25)21-8-9-27-14-16-29(17-15-27)32-31-13-7-6-12-30(31)23-33(19-20-33)35(32)26(2)28-10-4-3-5-11-28/h3-7,10-17,25,32H,2,8-9,18-24H2,1H3. The quantitative estimate of drug-likeness (QED) is 0.369. The third kappa shape index (κ3) is 4.45. The molecule has 1 aliphatic carbocycles. The normalized spacial score (nSPS) is 22.8. The van der Waals surface area contributed by atoms with Gasteiger partial charge in [-0.25, -0.2) is 0 Å². The molecule has 2 heteroatoms. The molecule has 2 nitrogen and oxygen atoms in total. The smallest absolute Gasteiger partial charge is 0.0804 e. The van der Waals surface area contributed by atoms with E-state index in [0.717, 1.165) is 24.5 Å². The molecule has 3 aromatic rings. The van der Waals surface area contributed by atoms with Gasteiger partial charge in [-0.15, -0.1) is 0 Å². The van der Waals surface area contributed by atoms with Gasteiger partial charge < -0.3 is 9.80 Å². The van der Waals surface area contributed by atoms with E-state index in [1.807, 2.05) is 0 Å². The van der Waals surface area contributed by atoms with Gasteiger partial charge in [0.2, 0.25) is 0 Å². The molecule has 3 aromatic carbocycles. The zero-order chi connectivity index (χ0) is 23.8. The SMILES string of the molecule is C=C(c1ccccc1)N1C(c2ccc(CCCN3CCC(C)C3)cc2)c2ccccc2CC12CC2. The van der Waals surface area contributed by atoms with Gasteiger partial charge in [0.05, 0.1) is 6.04 Å². The highest BCUT2D eigenvalue weighted by Gasteiger charge is 2.54. The summed E-state index contributed by atoms with van der Waals surface area (Å²) in [6.07, 6.45) is 7.39. The molecule has 2 fully saturated rings. The minimum atomic E-state index is 0.206. The van der Waals surface area contributed by atoms with Crippen molar-refractivity contribution in [2.24, 2.45) is 5.92 Å². The lowest BCUT2D eigenvalue weighted by Gasteiger charge is -2.47. The first kappa shape index (κ1) is 22.6. The van der Waals surface area contributed by atoms with Crippen LogP contribution in [0.25, 0.3) is 5.70 Å². The van der Waals surface area contributed by atoms with Crippen molar-refractivity contribution >= 4 is 5.70 Å². The number of hydrogen-bond acceptors (Lipinski definition) is 2. The Kier molecular flexibility index (Phi) is 6.02. The summed E-state index contributed by atoms with van der Waals surface area (Å²) >= 11 is 0. The first-order valence-electron chi connectivity index (χ1n) is 13.6. The van der Waals surface area contributed by atoms with E-state index in [9.17, 15) is 0 Å². The molecule has 0 N–H and O–H groups in total. The van der Waals surface area contributed by atoms with Gasteiger partial charge in [0.25, 0.3) is 0 Å². The fourth-order valence-electron chi connectivity index (χ4n) is 6.52. The summed E-state index contributed by atoms with van der Waals surface area (Å²) in [6.45, 7) is 10.8. The summed E-state index contributed by atoms with van der Waals surface area (Å²) in [6, 6.07) is 29.6. The van der Waals surface area contributed by atoms with Crippen LogP contribution >= 0.6 is 0 Å². The van der Waals surface area contributed by atoms with Crippen LogP contribution in [0.3, 0.4) is 0 Å². The second-order valence-corrected chi connectivity index (χ2v) is 11.2. The van der Waals surface area contributed by atoms with Crippen molar-refractivity contribution < 1.29 is 0 Å². The van der Waals surface area contributed by atoms with E-state index in [0.29, 0.717) is 0 Å². The van der Waals surface area contributed by atoms with Crippen LogP contribution in [-0.2, 0) is 12.8 Å². The second-order valence-electron chi connectivity index (χ2n) is 11.2. The monoisotopic (exact) mass is 462 g/mol. The van der Waals surface area contributed by atoms with Gasteiger partial charge in [-0.1, -0.05) is 92.4 Å². The van der Waals surface area contributed by atoms with Crippen molar-refractivity contribution in [2.45, 2.75) is 57.0 Å². The Morgan fingerprint density at radius 3 is 2.40 bits per heavy atom. The van der Waals surface area contributed by atoms with Crippen molar-refractivity contribution in [3.8, 4) is 0 Å². The van der Waals surface area contributed by atoms with E-state index >= 15 is 0 Å². The summed E-state index contributed by atoms with van der Waals surface area (Å²) in [4.78, 5) is 5.31. The molecule has 0 bridgehead atoms. The first-order chi connectivity index (χ1) is 17.1. The van der Waals surface area contributed by atoms with E-state index < -0.39 is 0 Å². The summed E-state index contributed by atoms with van der Waals surface area (Å²) < 4.78 is 0. The Morgan fingerprint density at radius 2 is 1.69 bits per heavy atom. The lowest BCUT2D eigenvalue weighted by Crippen LogP contribution is -2.44. The fourth-order valence-corrected chi connectivity index (χ4v) is 6.52. The van der Waals surface area contributed by atoms with Crippen LogP contribution in [0.5, 0.6) is 0 Å². The van der Waals surface area contributed by atoms with Gasteiger partial charge in [0, 0.05) is 17.8 Å². The molecule has 0 radical (unpaired) electrons. The molecule has 1 saturated carbocycles. The molecular formula is C33H38N2. The maximum atomic E-state index is 4.66. The highest BCUT2D eigenvalue weighted by Crippen LogP contribution is 2.56.